The number of benzene rings is 3. The molecule has 4 rings (SSSR count). The van der Waals surface area contributed by atoms with Crippen LogP contribution in [0.2, 0.25) is 0 Å². The van der Waals surface area contributed by atoms with Crippen molar-refractivity contribution in [3.8, 4) is 0 Å². The number of hydrogen-bond donors (Lipinski definition) is 0. The molecule has 0 aliphatic heterocycles. The Hall–Kier alpha value is -3.18. The Morgan fingerprint density at radius 2 is 1.42 bits per heavy atom. The number of hydrogen-bond acceptors (Lipinski definition) is 5. The van der Waals surface area contributed by atoms with Gasteiger partial charge in [0, 0.05) is 28.5 Å². The normalized spacial score (nSPS) is 10.8. The first-order valence-electron chi connectivity index (χ1n) is 7.99. The fourth-order valence-electron chi connectivity index (χ4n) is 2.63. The summed E-state index contributed by atoms with van der Waals surface area (Å²) in [7, 11) is 0. The Bertz CT molecular complexity index is 1070. The summed E-state index contributed by atoms with van der Waals surface area (Å²) in [5.41, 5.74) is 2.56. The topological polar surface area (TPSA) is 60.2 Å². The van der Waals surface area contributed by atoms with Crippen molar-refractivity contribution in [1.82, 2.24) is 4.98 Å². The number of para-hydroxylation sites is 2. The van der Waals surface area contributed by atoms with E-state index >= 15 is 0 Å². The summed E-state index contributed by atoms with van der Waals surface area (Å²) in [5, 5.41) is -0.0189. The molecule has 4 nitrogen and oxygen atoms in total. The van der Waals surface area contributed by atoms with Gasteiger partial charge in [-0.15, -0.1) is 0 Å². The first kappa shape index (κ1) is 16.3. The Labute approximate surface area is 153 Å². The third kappa shape index (κ3) is 3.17. The molecule has 0 atom stereocenters. The van der Waals surface area contributed by atoms with E-state index < -0.39 is 0 Å². The summed E-state index contributed by atoms with van der Waals surface area (Å²) in [6.07, 6.45) is 0. The lowest BCUT2D eigenvalue weighted by Crippen LogP contribution is -2.08. The molecule has 1 aromatic heterocycles. The first-order chi connectivity index (χ1) is 12.7. The van der Waals surface area contributed by atoms with E-state index in [1.807, 2.05) is 24.3 Å². The van der Waals surface area contributed by atoms with Gasteiger partial charge in [0.05, 0.1) is 0 Å². The van der Waals surface area contributed by atoms with Gasteiger partial charge in [-0.3, -0.25) is 9.59 Å². The van der Waals surface area contributed by atoms with Crippen molar-refractivity contribution >= 4 is 33.8 Å². The second-order valence-electron chi connectivity index (χ2n) is 5.58. The minimum absolute atomic E-state index is 0.187. The average molecular weight is 359 g/mol. The highest BCUT2D eigenvalue weighted by Gasteiger charge is 2.20. The molecule has 0 radical (unpaired) electrons. The molecule has 0 amide bonds. The maximum Gasteiger partial charge on any atom is 0.264 e. The number of carbonyl (C=O) groups excluding carboxylic acids is 2. The number of oxazole rings is 1. The number of rotatable bonds is 4. The van der Waals surface area contributed by atoms with Crippen LogP contribution >= 0.6 is 11.8 Å². The molecule has 0 fully saturated rings. The molecule has 0 aliphatic rings. The number of carbonyl (C=O) groups is 2. The van der Waals surface area contributed by atoms with Crippen molar-refractivity contribution in [3.05, 3.63) is 95.6 Å². The van der Waals surface area contributed by atoms with Crippen molar-refractivity contribution in [2.45, 2.75) is 5.22 Å². The maximum atomic E-state index is 12.8. The molecule has 5 heteroatoms. The second-order valence-corrected chi connectivity index (χ2v) is 6.50. The van der Waals surface area contributed by atoms with E-state index in [2.05, 4.69) is 4.98 Å². The molecule has 1 heterocycles. The third-order valence-corrected chi connectivity index (χ3v) is 4.64. The van der Waals surface area contributed by atoms with Gasteiger partial charge in [0.25, 0.3) is 5.22 Å². The van der Waals surface area contributed by atoms with Crippen LogP contribution in [0.3, 0.4) is 0 Å². The standard InChI is InChI=1S/C21H13NO3S/c23-19(14-8-2-1-3-9-14)15-10-4-5-11-16(15)20(24)26-21-22-17-12-6-7-13-18(17)25-21/h1-13H. The van der Waals surface area contributed by atoms with Gasteiger partial charge in [-0.05, 0) is 18.2 Å². The maximum absolute atomic E-state index is 12.8. The van der Waals surface area contributed by atoms with E-state index in [-0.39, 0.29) is 16.1 Å². The number of thioether (sulfide) groups is 1. The van der Waals surface area contributed by atoms with E-state index in [4.69, 9.17) is 4.42 Å². The average Bonchev–Trinajstić information content (AvgIpc) is 3.10. The Balaban J connectivity index is 1.65. The van der Waals surface area contributed by atoms with Crippen molar-refractivity contribution < 1.29 is 14.0 Å². The molecule has 0 aliphatic carbocycles. The lowest BCUT2D eigenvalue weighted by atomic mass is 9.99. The lowest BCUT2D eigenvalue weighted by Gasteiger charge is -2.06. The monoisotopic (exact) mass is 359 g/mol. The molecule has 4 aromatic rings. The van der Waals surface area contributed by atoms with Gasteiger partial charge >= 0.3 is 0 Å². The van der Waals surface area contributed by atoms with Crippen LogP contribution in [0.1, 0.15) is 26.3 Å². The van der Waals surface area contributed by atoms with Crippen LogP contribution in [-0.2, 0) is 0 Å². The highest BCUT2D eigenvalue weighted by Crippen LogP contribution is 2.28. The Kier molecular flexibility index (Phi) is 4.37. The van der Waals surface area contributed by atoms with E-state index in [9.17, 15) is 9.59 Å². The summed E-state index contributed by atoms with van der Waals surface area (Å²) in [6.45, 7) is 0. The number of aromatic nitrogens is 1. The minimum Gasteiger partial charge on any atom is -0.431 e. The molecule has 0 unspecified atom stereocenters. The molecular weight excluding hydrogens is 346 g/mol. The molecular formula is C21H13NO3S. The van der Waals surface area contributed by atoms with Crippen LogP contribution in [0.15, 0.2) is 88.5 Å². The molecule has 0 saturated heterocycles. The van der Waals surface area contributed by atoms with Crippen LogP contribution < -0.4 is 0 Å². The summed E-state index contributed by atoms with van der Waals surface area (Å²) < 4.78 is 5.59. The summed E-state index contributed by atoms with van der Waals surface area (Å²) >= 11 is 0.880. The molecule has 126 valence electrons. The third-order valence-electron chi connectivity index (χ3n) is 3.88. The second kappa shape index (κ2) is 6.98. The quantitative estimate of drug-likeness (QED) is 0.379. The van der Waals surface area contributed by atoms with Crippen LogP contribution in [0.4, 0.5) is 0 Å². The zero-order valence-corrected chi connectivity index (χ0v) is 14.4. The fourth-order valence-corrected chi connectivity index (χ4v) is 3.36. The van der Waals surface area contributed by atoms with Gasteiger partial charge in [-0.25, -0.2) is 4.98 Å². The van der Waals surface area contributed by atoms with Gasteiger partial charge in [0.2, 0.25) is 5.12 Å². The first-order valence-corrected chi connectivity index (χ1v) is 8.80. The van der Waals surface area contributed by atoms with Crippen molar-refractivity contribution in [1.29, 1.82) is 0 Å². The molecule has 0 bridgehead atoms. The molecule has 0 N–H and O–H groups in total. The number of nitrogens with zero attached hydrogens (tertiary/aromatic N) is 1. The largest absolute Gasteiger partial charge is 0.431 e. The van der Waals surface area contributed by atoms with Crippen molar-refractivity contribution in [3.63, 3.8) is 0 Å². The van der Waals surface area contributed by atoms with E-state index in [1.54, 1.807) is 54.6 Å². The fraction of sp³-hybridized carbons (Fsp3) is 0. The minimum atomic E-state index is -0.281. The van der Waals surface area contributed by atoms with Crippen molar-refractivity contribution in [2.24, 2.45) is 0 Å². The summed E-state index contributed by atoms with van der Waals surface area (Å²) in [5.74, 6) is -0.187. The van der Waals surface area contributed by atoms with Crippen LogP contribution in [-0.4, -0.2) is 15.9 Å². The highest BCUT2D eigenvalue weighted by atomic mass is 32.2. The zero-order chi connectivity index (χ0) is 17.9. The lowest BCUT2D eigenvalue weighted by molar-refractivity contribution is 0.102. The predicted molar refractivity (Wildman–Crippen MR) is 101 cm³/mol. The SMILES string of the molecule is O=C(Sc1nc2ccccc2o1)c1ccccc1C(=O)c1ccccc1. The van der Waals surface area contributed by atoms with Crippen LogP contribution in [0.5, 0.6) is 0 Å². The molecule has 26 heavy (non-hydrogen) atoms. The zero-order valence-electron chi connectivity index (χ0n) is 13.6. The van der Waals surface area contributed by atoms with Gasteiger partial charge in [-0.1, -0.05) is 60.7 Å². The smallest absolute Gasteiger partial charge is 0.264 e. The Morgan fingerprint density at radius 1 is 0.769 bits per heavy atom. The van der Waals surface area contributed by atoms with Crippen LogP contribution in [0.25, 0.3) is 11.1 Å². The molecule has 0 saturated carbocycles. The van der Waals surface area contributed by atoms with Crippen molar-refractivity contribution in [2.75, 3.05) is 0 Å². The highest BCUT2D eigenvalue weighted by molar-refractivity contribution is 8.14. The van der Waals surface area contributed by atoms with Gasteiger partial charge in [0.1, 0.15) is 5.52 Å². The number of ketones is 1. The van der Waals surface area contributed by atoms with Gasteiger partial charge < -0.3 is 4.42 Å². The van der Waals surface area contributed by atoms with E-state index in [0.717, 1.165) is 11.8 Å². The van der Waals surface area contributed by atoms with E-state index in [1.165, 1.54) is 0 Å². The number of fused-ring (bicyclic) bond motifs is 1. The summed E-state index contributed by atoms with van der Waals surface area (Å²) in [4.78, 5) is 29.8. The molecule has 0 spiro atoms. The van der Waals surface area contributed by atoms with Gasteiger partial charge in [0.15, 0.2) is 11.4 Å². The predicted octanol–water partition coefficient (Wildman–Crippen LogP) is 4.99. The Morgan fingerprint density at radius 3 is 2.19 bits per heavy atom. The van der Waals surface area contributed by atoms with Gasteiger partial charge in [-0.2, -0.15) is 0 Å². The summed E-state index contributed by atoms with van der Waals surface area (Å²) in [6, 6.07) is 23.0. The molecule has 3 aromatic carbocycles. The van der Waals surface area contributed by atoms with E-state index in [0.29, 0.717) is 27.8 Å². The van der Waals surface area contributed by atoms with Crippen LogP contribution in [0, 0.1) is 0 Å².